The van der Waals surface area contributed by atoms with Gasteiger partial charge in [-0.05, 0) is 6.92 Å². The molecule has 96 valence electrons. The van der Waals surface area contributed by atoms with Gasteiger partial charge in [-0.1, -0.05) is 0 Å². The molecule has 0 spiro atoms. The Hall–Kier alpha value is -0.200. The molecule has 17 heavy (non-hydrogen) atoms. The normalized spacial score (nSPS) is 20.6. The molecule has 1 aromatic rings. The number of likely N-dealkylation sites (tertiary alicyclic amines) is 1. The highest BCUT2D eigenvalue weighted by Gasteiger charge is 2.33. The molecule has 2 rings (SSSR count). The topological polar surface area (TPSA) is 16.1 Å². The lowest BCUT2D eigenvalue weighted by Gasteiger charge is -2.31. The van der Waals surface area contributed by atoms with Gasteiger partial charge in [0.15, 0.2) is 0 Å². The Morgan fingerprint density at radius 2 is 2.18 bits per heavy atom. The highest BCUT2D eigenvalue weighted by atomic mass is 32.2. The maximum absolute atomic E-state index is 12.9. The third kappa shape index (κ3) is 4.19. The van der Waals surface area contributed by atoms with Crippen LogP contribution in [0.3, 0.4) is 0 Å². The highest BCUT2D eigenvalue weighted by Crippen LogP contribution is 2.28. The van der Waals surface area contributed by atoms with Crippen LogP contribution in [0.25, 0.3) is 0 Å². The van der Waals surface area contributed by atoms with Crippen molar-refractivity contribution in [2.24, 2.45) is 0 Å². The smallest absolute Gasteiger partial charge is 0.250 e. The lowest BCUT2D eigenvalue weighted by atomic mass is 10.1. The van der Waals surface area contributed by atoms with Gasteiger partial charge in [0.2, 0.25) is 0 Å². The molecular weight excluding hydrogens is 262 g/mol. The molecule has 1 saturated heterocycles. The summed E-state index contributed by atoms with van der Waals surface area (Å²) in [4.78, 5) is 6.31. The van der Waals surface area contributed by atoms with Crippen molar-refractivity contribution in [3.8, 4) is 0 Å². The third-order valence-corrected chi connectivity index (χ3v) is 4.93. The van der Waals surface area contributed by atoms with Gasteiger partial charge < -0.3 is 4.90 Å². The number of nitrogens with zero attached hydrogens (tertiary/aromatic N) is 2. The fraction of sp³-hybridized carbons (Fsp3) is 0.727. The van der Waals surface area contributed by atoms with Crippen molar-refractivity contribution in [1.29, 1.82) is 0 Å². The summed E-state index contributed by atoms with van der Waals surface area (Å²) < 4.78 is 27.1. The van der Waals surface area contributed by atoms with Gasteiger partial charge in [0.05, 0.1) is 15.4 Å². The Labute approximate surface area is 108 Å². The highest BCUT2D eigenvalue weighted by molar-refractivity contribution is 8.01. The Balaban J connectivity index is 1.66. The van der Waals surface area contributed by atoms with Crippen molar-refractivity contribution >= 4 is 23.1 Å². The summed E-state index contributed by atoms with van der Waals surface area (Å²) >= 11 is 3.45. The molecule has 0 aromatic carbocycles. The number of alkyl halides is 2. The monoisotopic (exact) mass is 278 g/mol. The van der Waals surface area contributed by atoms with E-state index in [2.05, 4.69) is 9.88 Å². The largest absolute Gasteiger partial charge is 0.302 e. The molecule has 1 fully saturated rings. The van der Waals surface area contributed by atoms with Gasteiger partial charge in [-0.25, -0.2) is 13.8 Å². The summed E-state index contributed by atoms with van der Waals surface area (Å²) in [6, 6.07) is 0. The molecule has 1 aliphatic heterocycles. The third-order valence-electron chi connectivity index (χ3n) is 2.84. The fourth-order valence-corrected chi connectivity index (χ4v) is 3.82. The second-order valence-corrected chi connectivity index (χ2v) is 6.87. The van der Waals surface area contributed by atoms with E-state index in [0.717, 1.165) is 17.3 Å². The molecule has 0 amide bonds. The number of hydrogen-bond acceptors (Lipinski definition) is 4. The van der Waals surface area contributed by atoms with Crippen molar-refractivity contribution in [3.05, 3.63) is 11.2 Å². The molecule has 6 heteroatoms. The number of aromatic nitrogens is 1. The summed E-state index contributed by atoms with van der Waals surface area (Å²) in [6.45, 7) is 3.92. The van der Waals surface area contributed by atoms with E-state index in [4.69, 9.17) is 0 Å². The Kier molecular flexibility index (Phi) is 4.38. The summed E-state index contributed by atoms with van der Waals surface area (Å²) in [5.74, 6) is -1.48. The zero-order valence-corrected chi connectivity index (χ0v) is 11.4. The molecule has 0 saturated carbocycles. The maximum atomic E-state index is 12.9. The standard InChI is InChI=1S/C11H16F2N2S2/c1-9-14-8-10(17-9)16-7-6-15-4-2-11(12,13)3-5-15/h8H,2-7H2,1H3. The number of thiazole rings is 1. The van der Waals surface area contributed by atoms with Crippen LogP contribution in [0, 0.1) is 6.92 Å². The Morgan fingerprint density at radius 1 is 1.47 bits per heavy atom. The van der Waals surface area contributed by atoms with Crippen LogP contribution in [0.4, 0.5) is 8.78 Å². The summed E-state index contributed by atoms with van der Waals surface area (Å²) in [7, 11) is 0. The minimum atomic E-state index is -2.43. The van der Waals surface area contributed by atoms with Crippen LogP contribution in [0.1, 0.15) is 17.8 Å². The van der Waals surface area contributed by atoms with Gasteiger partial charge >= 0.3 is 0 Å². The number of aryl methyl sites for hydroxylation is 1. The van der Waals surface area contributed by atoms with Crippen LogP contribution in [-0.2, 0) is 0 Å². The van der Waals surface area contributed by atoms with Gasteiger partial charge in [-0.3, -0.25) is 0 Å². The predicted octanol–water partition coefficient (Wildman–Crippen LogP) is 3.27. The Morgan fingerprint density at radius 3 is 2.76 bits per heavy atom. The SMILES string of the molecule is Cc1ncc(SCCN2CCC(F)(F)CC2)s1. The number of piperidine rings is 1. The average molecular weight is 278 g/mol. The molecule has 0 aliphatic carbocycles. The van der Waals surface area contributed by atoms with Crippen LogP contribution in [0.5, 0.6) is 0 Å². The van der Waals surface area contributed by atoms with E-state index in [1.807, 2.05) is 13.1 Å². The molecule has 0 N–H and O–H groups in total. The molecule has 2 heterocycles. The average Bonchev–Trinajstić information content (AvgIpc) is 2.67. The van der Waals surface area contributed by atoms with Gasteiger partial charge in [-0.15, -0.1) is 23.1 Å². The van der Waals surface area contributed by atoms with Crippen molar-refractivity contribution in [2.45, 2.75) is 29.9 Å². The predicted molar refractivity (Wildman–Crippen MR) is 68.2 cm³/mol. The number of halogens is 2. The van der Waals surface area contributed by atoms with E-state index in [0.29, 0.717) is 13.1 Å². The summed E-state index contributed by atoms with van der Waals surface area (Å²) in [5, 5.41) is 1.07. The Bertz CT molecular complexity index is 358. The second kappa shape index (κ2) is 5.63. The minimum absolute atomic E-state index is 0.0112. The molecule has 0 radical (unpaired) electrons. The van der Waals surface area contributed by atoms with Crippen LogP contribution >= 0.6 is 23.1 Å². The summed E-state index contributed by atoms with van der Waals surface area (Å²) in [5.41, 5.74) is 0. The van der Waals surface area contributed by atoms with Gasteiger partial charge in [-0.2, -0.15) is 0 Å². The fourth-order valence-electron chi connectivity index (χ4n) is 1.79. The minimum Gasteiger partial charge on any atom is -0.302 e. The maximum Gasteiger partial charge on any atom is 0.250 e. The van der Waals surface area contributed by atoms with Crippen LogP contribution in [0.15, 0.2) is 10.4 Å². The number of rotatable bonds is 4. The van der Waals surface area contributed by atoms with E-state index in [1.54, 1.807) is 23.1 Å². The van der Waals surface area contributed by atoms with E-state index in [9.17, 15) is 8.78 Å². The molecule has 1 aromatic heterocycles. The lowest BCUT2D eigenvalue weighted by Crippen LogP contribution is -2.40. The molecule has 0 unspecified atom stereocenters. The number of thioether (sulfide) groups is 1. The first-order valence-corrected chi connectivity index (χ1v) is 7.51. The van der Waals surface area contributed by atoms with Crippen molar-refractivity contribution in [3.63, 3.8) is 0 Å². The van der Waals surface area contributed by atoms with Crippen LogP contribution in [0.2, 0.25) is 0 Å². The van der Waals surface area contributed by atoms with Crippen molar-refractivity contribution in [2.75, 3.05) is 25.4 Å². The molecule has 0 bridgehead atoms. The van der Waals surface area contributed by atoms with Gasteiger partial charge in [0.25, 0.3) is 5.92 Å². The van der Waals surface area contributed by atoms with E-state index in [1.165, 1.54) is 4.21 Å². The van der Waals surface area contributed by atoms with E-state index in [-0.39, 0.29) is 12.8 Å². The van der Waals surface area contributed by atoms with Crippen molar-refractivity contribution < 1.29 is 8.78 Å². The van der Waals surface area contributed by atoms with Gasteiger partial charge in [0.1, 0.15) is 0 Å². The van der Waals surface area contributed by atoms with Gasteiger partial charge in [0, 0.05) is 38.2 Å². The summed E-state index contributed by atoms with van der Waals surface area (Å²) in [6.07, 6.45) is 1.91. The number of hydrogen-bond donors (Lipinski definition) is 0. The first-order chi connectivity index (χ1) is 8.05. The first kappa shape index (κ1) is 13.2. The van der Waals surface area contributed by atoms with E-state index >= 15 is 0 Å². The zero-order valence-electron chi connectivity index (χ0n) is 9.79. The quantitative estimate of drug-likeness (QED) is 0.786. The molecule has 0 atom stereocenters. The second-order valence-electron chi connectivity index (χ2n) is 4.24. The van der Waals surface area contributed by atoms with Crippen molar-refractivity contribution in [1.82, 2.24) is 9.88 Å². The molecule has 2 nitrogen and oxygen atoms in total. The van der Waals surface area contributed by atoms with E-state index < -0.39 is 5.92 Å². The lowest BCUT2D eigenvalue weighted by molar-refractivity contribution is -0.0539. The van der Waals surface area contributed by atoms with Crippen LogP contribution < -0.4 is 0 Å². The molecular formula is C11H16F2N2S2. The van der Waals surface area contributed by atoms with Crippen LogP contribution in [-0.4, -0.2) is 41.2 Å². The first-order valence-electron chi connectivity index (χ1n) is 5.71. The zero-order chi connectivity index (χ0) is 12.3. The molecule has 1 aliphatic rings.